The summed E-state index contributed by atoms with van der Waals surface area (Å²) >= 11 is 3.42. The van der Waals surface area contributed by atoms with Gasteiger partial charge in [-0.05, 0) is 45.8 Å². The molecule has 160 valence electrons. The number of hydrogen-bond donors (Lipinski definition) is 0. The Morgan fingerprint density at radius 2 is 1.26 bits per heavy atom. The van der Waals surface area contributed by atoms with E-state index in [4.69, 9.17) is 0 Å². The zero-order valence-corrected chi connectivity index (χ0v) is 17.3. The lowest BCUT2D eigenvalue weighted by Gasteiger charge is -2.17. The van der Waals surface area contributed by atoms with Crippen molar-refractivity contribution in [3.8, 4) is 11.3 Å². The quantitative estimate of drug-likeness (QED) is 0.251. The van der Waals surface area contributed by atoms with Gasteiger partial charge in [0.2, 0.25) is 0 Å². The average Bonchev–Trinajstić information content (AvgIpc) is 2.99. The van der Waals surface area contributed by atoms with Gasteiger partial charge in [0.05, 0.1) is 21.3 Å². The van der Waals surface area contributed by atoms with Gasteiger partial charge in [-0.3, -0.25) is 0 Å². The van der Waals surface area contributed by atoms with Crippen molar-refractivity contribution in [2.75, 3.05) is 0 Å². The number of nitrogens with zero attached hydrogens (tertiary/aromatic N) is 1. The zero-order valence-electron chi connectivity index (χ0n) is 15.7. The highest BCUT2D eigenvalue weighted by Crippen LogP contribution is 2.43. The maximum atomic E-state index is 13.4. The van der Waals surface area contributed by atoms with Crippen molar-refractivity contribution in [3.63, 3.8) is 0 Å². The highest BCUT2D eigenvalue weighted by Gasteiger charge is 2.37. The normalized spacial score (nSPS) is 12.5. The summed E-state index contributed by atoms with van der Waals surface area (Å²) in [5, 5.41) is 0.694. The molecule has 0 amide bonds. The third-order valence-corrected chi connectivity index (χ3v) is 5.76. The van der Waals surface area contributed by atoms with Crippen LogP contribution >= 0.6 is 15.9 Å². The number of alkyl halides is 6. The van der Waals surface area contributed by atoms with Crippen molar-refractivity contribution in [2.24, 2.45) is 0 Å². The lowest BCUT2D eigenvalue weighted by Crippen LogP contribution is -2.12. The number of halogens is 7. The number of rotatable bonds is 3. The van der Waals surface area contributed by atoms with E-state index in [-0.39, 0.29) is 23.9 Å². The van der Waals surface area contributed by atoms with E-state index in [9.17, 15) is 26.3 Å². The van der Waals surface area contributed by atoms with Crippen molar-refractivity contribution in [1.29, 1.82) is 0 Å². The highest BCUT2D eigenvalue weighted by atomic mass is 79.9. The molecule has 0 saturated carbocycles. The predicted molar refractivity (Wildman–Crippen MR) is 111 cm³/mol. The van der Waals surface area contributed by atoms with Crippen LogP contribution in [-0.4, -0.2) is 4.57 Å². The van der Waals surface area contributed by atoms with Crippen molar-refractivity contribution < 1.29 is 26.3 Å². The molecule has 0 radical (unpaired) electrons. The van der Waals surface area contributed by atoms with Crippen LogP contribution in [0.5, 0.6) is 0 Å². The fourth-order valence-electron chi connectivity index (χ4n) is 3.57. The third-order valence-electron chi connectivity index (χ3n) is 4.95. The molecular formula is C23H14BrF6N. The molecule has 1 nitrogen and oxygen atoms in total. The molecule has 3 aromatic carbocycles. The topological polar surface area (TPSA) is 4.93 Å². The fraction of sp³-hybridized carbons (Fsp3) is 0.130. The highest BCUT2D eigenvalue weighted by molar-refractivity contribution is 9.10. The molecule has 0 N–H and O–H groups in total. The van der Waals surface area contributed by atoms with Gasteiger partial charge in [0, 0.05) is 23.0 Å². The van der Waals surface area contributed by atoms with Crippen molar-refractivity contribution >= 4 is 26.8 Å². The van der Waals surface area contributed by atoms with E-state index in [1.54, 1.807) is 28.8 Å². The van der Waals surface area contributed by atoms with Crippen molar-refractivity contribution in [1.82, 2.24) is 4.57 Å². The Labute approximate surface area is 182 Å². The summed E-state index contributed by atoms with van der Waals surface area (Å²) in [4.78, 5) is 0. The van der Waals surface area contributed by atoms with Crippen LogP contribution in [0.1, 0.15) is 16.7 Å². The van der Waals surface area contributed by atoms with Gasteiger partial charge >= 0.3 is 12.4 Å². The third kappa shape index (κ3) is 4.21. The molecule has 0 bridgehead atoms. The minimum atomic E-state index is -4.92. The van der Waals surface area contributed by atoms with Crippen LogP contribution in [0.25, 0.3) is 22.2 Å². The molecule has 0 atom stereocenters. The number of fused-ring (bicyclic) bond motifs is 1. The van der Waals surface area contributed by atoms with Gasteiger partial charge in [0.25, 0.3) is 0 Å². The standard InChI is InChI=1S/C23H14BrF6N/c24-20-18-8-4-5-9-19(18)31(13-14-6-2-1-3-7-14)21(20)15-10-16(22(25,26)27)12-17(11-15)23(28,29)30/h1-12H,13H2. The number of benzene rings is 3. The van der Waals surface area contributed by atoms with E-state index < -0.39 is 23.5 Å². The SMILES string of the molecule is FC(F)(F)c1cc(-c2c(Br)c3ccccc3n2Cc2ccccc2)cc(C(F)(F)F)c1. The van der Waals surface area contributed by atoms with E-state index in [1.165, 1.54) is 0 Å². The second kappa shape index (κ2) is 7.75. The Morgan fingerprint density at radius 3 is 1.84 bits per heavy atom. The molecule has 0 spiro atoms. The number of aromatic nitrogens is 1. The Bertz CT molecular complexity index is 1210. The maximum absolute atomic E-state index is 13.4. The van der Waals surface area contributed by atoms with Crippen molar-refractivity contribution in [2.45, 2.75) is 18.9 Å². The van der Waals surface area contributed by atoms with E-state index in [2.05, 4.69) is 15.9 Å². The molecule has 4 aromatic rings. The second-order valence-electron chi connectivity index (χ2n) is 7.05. The molecule has 4 rings (SSSR count). The Morgan fingerprint density at radius 1 is 0.710 bits per heavy atom. The molecule has 0 aliphatic rings. The van der Waals surface area contributed by atoms with Crippen LogP contribution in [-0.2, 0) is 18.9 Å². The monoisotopic (exact) mass is 497 g/mol. The van der Waals surface area contributed by atoms with Gasteiger partial charge in [-0.25, -0.2) is 0 Å². The molecule has 31 heavy (non-hydrogen) atoms. The molecule has 1 aromatic heterocycles. The number of hydrogen-bond acceptors (Lipinski definition) is 0. The van der Waals surface area contributed by atoms with Gasteiger partial charge < -0.3 is 4.57 Å². The van der Waals surface area contributed by atoms with Gasteiger partial charge in [-0.2, -0.15) is 26.3 Å². The molecular weight excluding hydrogens is 484 g/mol. The molecule has 0 fully saturated rings. The van der Waals surface area contributed by atoms with Gasteiger partial charge in [0.1, 0.15) is 0 Å². The molecule has 0 saturated heterocycles. The second-order valence-corrected chi connectivity index (χ2v) is 7.84. The minimum Gasteiger partial charge on any atom is -0.335 e. The Kier molecular flexibility index (Phi) is 5.37. The summed E-state index contributed by atoms with van der Waals surface area (Å²) < 4.78 is 82.7. The van der Waals surface area contributed by atoms with Crippen LogP contribution in [0.2, 0.25) is 0 Å². The first-order valence-electron chi connectivity index (χ1n) is 9.16. The first-order chi connectivity index (χ1) is 14.6. The average molecular weight is 498 g/mol. The first kappa shape index (κ1) is 21.5. The molecule has 0 unspecified atom stereocenters. The predicted octanol–water partition coefficient (Wildman–Crippen LogP) is 8.16. The van der Waals surface area contributed by atoms with Crippen LogP contribution in [0.4, 0.5) is 26.3 Å². The summed E-state index contributed by atoms with van der Waals surface area (Å²) in [5.41, 5.74) is -1.05. The van der Waals surface area contributed by atoms with Crippen LogP contribution < -0.4 is 0 Å². The first-order valence-corrected chi connectivity index (χ1v) is 9.95. The molecule has 0 aliphatic carbocycles. The van der Waals surface area contributed by atoms with Crippen LogP contribution in [0.3, 0.4) is 0 Å². The molecule has 1 heterocycles. The Balaban J connectivity index is 2.02. The van der Waals surface area contributed by atoms with Gasteiger partial charge in [0.15, 0.2) is 0 Å². The zero-order chi connectivity index (χ0) is 22.4. The van der Waals surface area contributed by atoms with Gasteiger partial charge in [-0.1, -0.05) is 48.5 Å². The largest absolute Gasteiger partial charge is 0.416 e. The summed E-state index contributed by atoms with van der Waals surface area (Å²) in [6, 6.07) is 17.9. The van der Waals surface area contributed by atoms with Crippen molar-refractivity contribution in [3.05, 3.63) is 94.0 Å². The van der Waals surface area contributed by atoms with E-state index >= 15 is 0 Å². The van der Waals surface area contributed by atoms with Crippen LogP contribution in [0.15, 0.2) is 77.3 Å². The van der Waals surface area contributed by atoms with Gasteiger partial charge in [-0.15, -0.1) is 0 Å². The van der Waals surface area contributed by atoms with Crippen LogP contribution in [0, 0.1) is 0 Å². The summed E-state index contributed by atoms with van der Waals surface area (Å²) in [6.45, 7) is 0.278. The number of para-hydroxylation sites is 1. The molecule has 8 heteroatoms. The summed E-state index contributed by atoms with van der Waals surface area (Å²) in [6.07, 6.45) is -9.84. The summed E-state index contributed by atoms with van der Waals surface area (Å²) in [5.74, 6) is 0. The molecule has 0 aliphatic heterocycles. The summed E-state index contributed by atoms with van der Waals surface area (Å²) in [7, 11) is 0. The lowest BCUT2D eigenvalue weighted by atomic mass is 10.0. The van der Waals surface area contributed by atoms with E-state index in [0.29, 0.717) is 15.4 Å². The lowest BCUT2D eigenvalue weighted by molar-refractivity contribution is -0.143. The smallest absolute Gasteiger partial charge is 0.335 e. The minimum absolute atomic E-state index is 0.140. The maximum Gasteiger partial charge on any atom is 0.416 e. The fourth-order valence-corrected chi connectivity index (χ4v) is 4.34. The van der Waals surface area contributed by atoms with E-state index in [0.717, 1.165) is 17.7 Å². The van der Waals surface area contributed by atoms with E-state index in [1.807, 2.05) is 30.3 Å². The Hall–Kier alpha value is -2.74.